The van der Waals surface area contributed by atoms with Gasteiger partial charge in [0.1, 0.15) is 12.2 Å². The Morgan fingerprint density at radius 2 is 1.95 bits per heavy atom. The van der Waals surface area contributed by atoms with Gasteiger partial charge < -0.3 is 4.84 Å². The van der Waals surface area contributed by atoms with Crippen molar-refractivity contribution in [3.8, 4) is 0 Å². The van der Waals surface area contributed by atoms with E-state index >= 15 is 0 Å². The molecule has 0 aliphatic rings. The normalized spacial score (nSPS) is 10.3. The summed E-state index contributed by atoms with van der Waals surface area (Å²) < 4.78 is 0.826. The molecule has 1 N–H and O–H groups in total. The molecule has 0 unspecified atom stereocenters. The summed E-state index contributed by atoms with van der Waals surface area (Å²) >= 11 is 5.75. The lowest BCUT2D eigenvalue weighted by Gasteiger charge is -2.08. The lowest BCUT2D eigenvalue weighted by molar-refractivity contribution is 0.0833. The molecule has 0 bridgehead atoms. The largest absolute Gasteiger partial charge is 0.405 e. The van der Waals surface area contributed by atoms with Crippen LogP contribution in [0.2, 0.25) is 5.02 Å². The minimum atomic E-state index is -0.742. The van der Waals surface area contributed by atoms with Crippen molar-refractivity contribution < 1.29 is 9.63 Å². The Bertz CT molecular complexity index is 746. The summed E-state index contributed by atoms with van der Waals surface area (Å²) in [5.41, 5.74) is -0.819. The highest BCUT2D eigenvalue weighted by molar-refractivity contribution is 6.30. The molecule has 2 aromatic rings. The summed E-state index contributed by atoms with van der Waals surface area (Å²) in [5, 5.41) is 0.592. The number of hydrogen-bond donors (Lipinski definition) is 1. The molecule has 1 aromatic heterocycles. The number of rotatable bonds is 4. The maximum atomic E-state index is 11.5. The van der Waals surface area contributed by atoms with Crippen molar-refractivity contribution in [3.63, 3.8) is 0 Å². The number of nitrogens with zero attached hydrogens (tertiary/aromatic N) is 1. The number of Topliss-reactive ketones (excluding diaryl/α,β-unsaturated/α-hetero) is 1. The third-order valence-corrected chi connectivity index (χ3v) is 2.83. The molecule has 0 spiro atoms. The van der Waals surface area contributed by atoms with Gasteiger partial charge in [-0.05, 0) is 24.6 Å². The third kappa shape index (κ3) is 3.16. The van der Waals surface area contributed by atoms with Crippen molar-refractivity contribution in [1.29, 1.82) is 0 Å². The molecule has 7 heteroatoms. The van der Waals surface area contributed by atoms with E-state index in [4.69, 9.17) is 16.4 Å². The summed E-state index contributed by atoms with van der Waals surface area (Å²) in [6.07, 6.45) is 1.08. The summed E-state index contributed by atoms with van der Waals surface area (Å²) in [6.45, 7) is 1.33. The predicted molar refractivity (Wildman–Crippen MR) is 73.1 cm³/mol. The van der Waals surface area contributed by atoms with Crippen molar-refractivity contribution in [2.24, 2.45) is 0 Å². The van der Waals surface area contributed by atoms with Gasteiger partial charge in [0, 0.05) is 5.02 Å². The van der Waals surface area contributed by atoms with E-state index in [1.165, 1.54) is 6.92 Å². The first-order valence-electron chi connectivity index (χ1n) is 5.72. The number of nitrogens with one attached hydrogen (secondary N) is 1. The quantitative estimate of drug-likeness (QED) is 0.854. The Balaban J connectivity index is 2.23. The third-order valence-electron chi connectivity index (χ3n) is 2.57. The van der Waals surface area contributed by atoms with E-state index in [-0.39, 0.29) is 12.2 Å². The average Bonchev–Trinajstić information content (AvgIpc) is 2.39. The Morgan fingerprint density at radius 1 is 1.30 bits per heavy atom. The Hall–Kier alpha value is -2.34. The lowest BCUT2D eigenvalue weighted by atomic mass is 10.2. The van der Waals surface area contributed by atoms with Gasteiger partial charge in [0.2, 0.25) is 0 Å². The van der Waals surface area contributed by atoms with Crippen LogP contribution >= 0.6 is 11.6 Å². The maximum Gasteiger partial charge on any atom is 0.361 e. The molecular weight excluding hydrogens is 284 g/mol. The predicted octanol–water partition coefficient (Wildman–Crippen LogP) is 1.02. The van der Waals surface area contributed by atoms with Gasteiger partial charge in [-0.25, -0.2) is 4.79 Å². The van der Waals surface area contributed by atoms with Gasteiger partial charge in [-0.2, -0.15) is 0 Å². The first kappa shape index (κ1) is 14.1. The summed E-state index contributed by atoms with van der Waals surface area (Å²) in [5.74, 6) is -0.449. The number of carbonyl (C=O) groups excluding carboxylic acids is 1. The van der Waals surface area contributed by atoms with Crippen LogP contribution in [0.15, 0.2) is 40.1 Å². The van der Waals surface area contributed by atoms with Gasteiger partial charge in [0.15, 0.2) is 5.78 Å². The van der Waals surface area contributed by atoms with Crippen LogP contribution in [0.3, 0.4) is 0 Å². The van der Waals surface area contributed by atoms with E-state index in [1.807, 2.05) is 4.98 Å². The van der Waals surface area contributed by atoms with Gasteiger partial charge in [-0.15, -0.1) is 4.73 Å². The Labute approximate surface area is 118 Å². The second kappa shape index (κ2) is 5.75. The van der Waals surface area contributed by atoms with Crippen LogP contribution in [0.25, 0.3) is 0 Å². The standard InChI is InChI=1S/C13H11ClN2O4/c1-8(17)11-6-16(13(19)15-12(11)18)20-7-9-2-4-10(14)5-3-9/h2-6H,7H2,1H3,(H,15,18,19). The van der Waals surface area contributed by atoms with Crippen molar-refractivity contribution in [1.82, 2.24) is 9.71 Å². The average molecular weight is 295 g/mol. The summed E-state index contributed by atoms with van der Waals surface area (Å²) in [7, 11) is 0. The zero-order valence-corrected chi connectivity index (χ0v) is 11.3. The summed E-state index contributed by atoms with van der Waals surface area (Å²) in [6, 6.07) is 6.86. The molecule has 6 nitrogen and oxygen atoms in total. The SMILES string of the molecule is CC(=O)c1cn(OCc2ccc(Cl)cc2)c(=O)[nH]c1=O. The van der Waals surface area contributed by atoms with Crippen molar-refractivity contribution in [3.05, 3.63) is 67.4 Å². The monoisotopic (exact) mass is 294 g/mol. The topological polar surface area (TPSA) is 81.2 Å². The number of ketones is 1. The Kier molecular flexibility index (Phi) is 4.05. The fourth-order valence-electron chi connectivity index (χ4n) is 1.53. The van der Waals surface area contributed by atoms with Gasteiger partial charge in [-0.3, -0.25) is 14.6 Å². The van der Waals surface area contributed by atoms with E-state index in [0.29, 0.717) is 5.02 Å². The molecule has 0 atom stereocenters. The second-order valence-corrected chi connectivity index (χ2v) is 4.52. The first-order valence-corrected chi connectivity index (χ1v) is 6.10. The van der Waals surface area contributed by atoms with Crippen molar-refractivity contribution in [2.45, 2.75) is 13.5 Å². The molecule has 2 rings (SSSR count). The van der Waals surface area contributed by atoms with Gasteiger partial charge in [0.05, 0.1) is 6.20 Å². The molecule has 0 fully saturated rings. The smallest absolute Gasteiger partial charge is 0.361 e. The lowest BCUT2D eigenvalue weighted by Crippen LogP contribution is -2.36. The maximum absolute atomic E-state index is 11.5. The first-order chi connectivity index (χ1) is 9.47. The molecule has 0 amide bonds. The number of aromatic nitrogens is 2. The molecule has 0 radical (unpaired) electrons. The number of hydrogen-bond acceptors (Lipinski definition) is 4. The highest BCUT2D eigenvalue weighted by Gasteiger charge is 2.09. The van der Waals surface area contributed by atoms with E-state index < -0.39 is 17.0 Å². The molecule has 0 saturated heterocycles. The molecule has 1 aromatic carbocycles. The van der Waals surface area contributed by atoms with Crippen LogP contribution in [-0.2, 0) is 6.61 Å². The molecule has 0 saturated carbocycles. The number of aromatic amines is 1. The van der Waals surface area contributed by atoms with E-state index in [2.05, 4.69) is 0 Å². The molecule has 20 heavy (non-hydrogen) atoms. The number of benzene rings is 1. The minimum Gasteiger partial charge on any atom is -0.405 e. The Morgan fingerprint density at radius 3 is 2.55 bits per heavy atom. The summed E-state index contributed by atoms with van der Waals surface area (Å²) in [4.78, 5) is 41.4. The van der Waals surface area contributed by atoms with Crippen LogP contribution < -0.4 is 16.1 Å². The fourth-order valence-corrected chi connectivity index (χ4v) is 1.65. The fraction of sp³-hybridized carbons (Fsp3) is 0.154. The number of carbonyl (C=O) groups is 1. The van der Waals surface area contributed by atoms with Crippen LogP contribution in [0, 0.1) is 0 Å². The van der Waals surface area contributed by atoms with Gasteiger partial charge in [0.25, 0.3) is 5.56 Å². The molecule has 104 valence electrons. The van der Waals surface area contributed by atoms with Crippen LogP contribution in [0.5, 0.6) is 0 Å². The van der Waals surface area contributed by atoms with E-state index in [9.17, 15) is 14.4 Å². The van der Waals surface area contributed by atoms with Crippen LogP contribution in [0.1, 0.15) is 22.8 Å². The second-order valence-electron chi connectivity index (χ2n) is 4.08. The van der Waals surface area contributed by atoms with Gasteiger partial charge in [-0.1, -0.05) is 23.7 Å². The molecule has 0 aliphatic heterocycles. The van der Waals surface area contributed by atoms with Crippen molar-refractivity contribution >= 4 is 17.4 Å². The molecular formula is C13H11ClN2O4. The molecule has 0 aliphatic carbocycles. The number of halogens is 1. The van der Waals surface area contributed by atoms with E-state index in [0.717, 1.165) is 16.5 Å². The minimum absolute atomic E-state index is 0.0977. The van der Waals surface area contributed by atoms with Gasteiger partial charge >= 0.3 is 5.69 Å². The number of H-pyrrole nitrogens is 1. The highest BCUT2D eigenvalue weighted by atomic mass is 35.5. The van der Waals surface area contributed by atoms with Crippen LogP contribution in [-0.4, -0.2) is 15.5 Å². The molecule has 1 heterocycles. The van der Waals surface area contributed by atoms with Crippen LogP contribution in [0.4, 0.5) is 0 Å². The van der Waals surface area contributed by atoms with Crippen molar-refractivity contribution in [2.75, 3.05) is 0 Å². The zero-order chi connectivity index (χ0) is 14.7. The zero-order valence-electron chi connectivity index (χ0n) is 10.6. The highest BCUT2D eigenvalue weighted by Crippen LogP contribution is 2.09. The van der Waals surface area contributed by atoms with E-state index in [1.54, 1.807) is 24.3 Å².